The van der Waals surface area contributed by atoms with Gasteiger partial charge in [0.1, 0.15) is 5.60 Å². The Kier molecular flexibility index (Phi) is 6.39. The number of Topliss-reactive ketones (excluding diaryl/α,β-unsaturated/α-hetero) is 2. The monoisotopic (exact) mass is 389 g/mol. The minimum atomic E-state index is -1.66. The molecule has 144 valence electrons. The Hall–Kier alpha value is -2.24. The molecule has 0 saturated heterocycles. The molecule has 5 nitrogen and oxygen atoms in total. The van der Waals surface area contributed by atoms with Crippen LogP contribution in [0.25, 0.3) is 0 Å². The third-order valence-corrected chi connectivity index (χ3v) is 5.28. The summed E-state index contributed by atoms with van der Waals surface area (Å²) < 4.78 is 0. The van der Waals surface area contributed by atoms with Crippen molar-refractivity contribution in [1.82, 2.24) is 5.32 Å². The molecule has 0 aliphatic heterocycles. The summed E-state index contributed by atoms with van der Waals surface area (Å²) in [6.45, 7) is 6.53. The maximum atomic E-state index is 12.5. The third kappa shape index (κ3) is 4.73. The molecule has 1 unspecified atom stereocenters. The number of rotatable bonds is 6. The van der Waals surface area contributed by atoms with Crippen molar-refractivity contribution in [2.24, 2.45) is 0 Å². The van der Waals surface area contributed by atoms with Gasteiger partial charge in [-0.2, -0.15) is 0 Å². The van der Waals surface area contributed by atoms with Gasteiger partial charge in [0, 0.05) is 33.9 Å². The number of carbonyl (C=O) groups is 3. The van der Waals surface area contributed by atoms with Crippen LogP contribution < -0.4 is 5.32 Å². The molecule has 2 rings (SSSR count). The van der Waals surface area contributed by atoms with Crippen LogP contribution in [0.4, 0.5) is 0 Å². The molecule has 0 radical (unpaired) electrons. The van der Waals surface area contributed by atoms with Crippen molar-refractivity contribution in [2.75, 3.05) is 0 Å². The lowest BCUT2D eigenvalue weighted by atomic mass is 9.82. The number of amides is 1. The molecule has 0 bridgehead atoms. The Morgan fingerprint density at radius 2 is 1.59 bits per heavy atom. The highest BCUT2D eigenvalue weighted by Crippen LogP contribution is 2.29. The van der Waals surface area contributed by atoms with E-state index in [1.54, 1.807) is 45.0 Å². The molecule has 1 aromatic rings. The summed E-state index contributed by atoms with van der Waals surface area (Å²) in [6.07, 6.45) is 0.194. The number of nitrogens with one attached hydrogen (secondary N) is 1. The molecule has 0 fully saturated rings. The van der Waals surface area contributed by atoms with Crippen molar-refractivity contribution in [3.63, 3.8) is 0 Å². The van der Waals surface area contributed by atoms with E-state index in [0.29, 0.717) is 27.3 Å². The molecule has 2 N–H and O–H groups in total. The number of benzene rings is 1. The summed E-state index contributed by atoms with van der Waals surface area (Å²) in [5, 5.41) is 13.8. The topological polar surface area (TPSA) is 83.5 Å². The predicted octanol–water partition coefficient (Wildman–Crippen LogP) is 3.29. The van der Waals surface area contributed by atoms with Crippen molar-refractivity contribution in [3.8, 4) is 0 Å². The largest absolute Gasteiger partial charge is 0.380 e. The SMILES string of the molecule is CC1=C(C)C(=O)C(CCC(C)(O)C(=O)NCc2ccc(Cl)cc2)=C(C)C1=O. The lowest BCUT2D eigenvalue weighted by Crippen LogP contribution is -2.44. The van der Waals surface area contributed by atoms with E-state index in [-0.39, 0.29) is 31.0 Å². The fourth-order valence-electron chi connectivity index (χ4n) is 2.91. The zero-order valence-electron chi connectivity index (χ0n) is 16.0. The first-order valence-corrected chi connectivity index (χ1v) is 9.14. The van der Waals surface area contributed by atoms with Crippen LogP contribution in [0.2, 0.25) is 5.02 Å². The molecule has 0 spiro atoms. The maximum absolute atomic E-state index is 12.5. The first kappa shape index (κ1) is 21.1. The average molecular weight is 390 g/mol. The van der Waals surface area contributed by atoms with Crippen molar-refractivity contribution < 1.29 is 19.5 Å². The highest BCUT2D eigenvalue weighted by atomic mass is 35.5. The number of ketones is 2. The first-order valence-electron chi connectivity index (χ1n) is 8.76. The Labute approximate surface area is 164 Å². The molecule has 6 heteroatoms. The zero-order valence-corrected chi connectivity index (χ0v) is 16.7. The van der Waals surface area contributed by atoms with Crippen LogP contribution in [0.3, 0.4) is 0 Å². The van der Waals surface area contributed by atoms with Crippen LogP contribution in [0, 0.1) is 0 Å². The van der Waals surface area contributed by atoms with Crippen molar-refractivity contribution in [3.05, 3.63) is 57.1 Å². The summed E-state index contributed by atoms with van der Waals surface area (Å²) in [6, 6.07) is 7.02. The van der Waals surface area contributed by atoms with Crippen molar-refractivity contribution in [2.45, 2.75) is 52.7 Å². The molecular formula is C21H24ClNO4. The molecule has 1 atom stereocenters. The number of hydrogen-bond donors (Lipinski definition) is 2. The van der Waals surface area contributed by atoms with Crippen molar-refractivity contribution in [1.29, 1.82) is 0 Å². The fraction of sp³-hybridized carbons (Fsp3) is 0.381. The van der Waals surface area contributed by atoms with Crippen molar-refractivity contribution >= 4 is 29.1 Å². The molecular weight excluding hydrogens is 366 g/mol. The molecule has 1 aliphatic rings. The molecule has 1 aromatic carbocycles. The van der Waals surface area contributed by atoms with Gasteiger partial charge in [-0.3, -0.25) is 14.4 Å². The highest BCUT2D eigenvalue weighted by Gasteiger charge is 2.33. The number of carbonyl (C=O) groups excluding carboxylic acids is 3. The van der Waals surface area contributed by atoms with Gasteiger partial charge in [0.15, 0.2) is 11.6 Å². The Morgan fingerprint density at radius 1 is 1.04 bits per heavy atom. The van der Waals surface area contributed by atoms with Gasteiger partial charge in [0.05, 0.1) is 0 Å². The van der Waals surface area contributed by atoms with E-state index in [9.17, 15) is 19.5 Å². The van der Waals surface area contributed by atoms with Gasteiger partial charge in [-0.15, -0.1) is 0 Å². The standard InChI is InChI=1S/C21H24ClNO4/c1-12-13(2)19(25)17(14(3)18(12)24)9-10-21(4,27)20(26)23-11-15-5-7-16(22)8-6-15/h5-8,27H,9-11H2,1-4H3,(H,23,26). The molecule has 1 aliphatic carbocycles. The fourth-order valence-corrected chi connectivity index (χ4v) is 3.04. The van der Waals surface area contributed by atoms with Gasteiger partial charge in [0.2, 0.25) is 0 Å². The second-order valence-corrected chi connectivity index (χ2v) is 7.53. The summed E-state index contributed by atoms with van der Waals surface area (Å²) in [5.41, 5.74) is 0.828. The Bertz CT molecular complexity index is 847. The molecule has 1 amide bonds. The second kappa shape index (κ2) is 8.19. The quantitative estimate of drug-likeness (QED) is 0.731. The highest BCUT2D eigenvalue weighted by molar-refractivity contribution is 6.30. The Balaban J connectivity index is 2.01. The maximum Gasteiger partial charge on any atom is 0.251 e. The van der Waals surface area contributed by atoms with Crippen LogP contribution in [0.1, 0.15) is 46.1 Å². The van der Waals surface area contributed by atoms with Gasteiger partial charge in [-0.05, 0) is 58.2 Å². The normalized spacial score (nSPS) is 17.3. The van der Waals surface area contributed by atoms with E-state index in [1.165, 1.54) is 6.92 Å². The van der Waals surface area contributed by atoms with Crippen LogP contribution in [-0.4, -0.2) is 28.2 Å². The lowest BCUT2D eigenvalue weighted by molar-refractivity contribution is -0.139. The predicted molar refractivity (Wildman–Crippen MR) is 104 cm³/mol. The summed E-state index contributed by atoms with van der Waals surface area (Å²) in [4.78, 5) is 37.0. The molecule has 0 saturated carbocycles. The third-order valence-electron chi connectivity index (χ3n) is 5.03. The van der Waals surface area contributed by atoms with Crippen LogP contribution >= 0.6 is 11.6 Å². The first-order chi connectivity index (χ1) is 12.5. The van der Waals surface area contributed by atoms with E-state index >= 15 is 0 Å². The van der Waals surface area contributed by atoms with Gasteiger partial charge < -0.3 is 10.4 Å². The van der Waals surface area contributed by atoms with E-state index in [2.05, 4.69) is 5.32 Å². The van der Waals surface area contributed by atoms with Gasteiger partial charge >= 0.3 is 0 Å². The zero-order chi connectivity index (χ0) is 20.4. The number of halogens is 1. The van der Waals surface area contributed by atoms with Crippen LogP contribution in [-0.2, 0) is 20.9 Å². The lowest BCUT2D eigenvalue weighted by Gasteiger charge is -2.25. The minimum Gasteiger partial charge on any atom is -0.380 e. The van der Waals surface area contributed by atoms with Gasteiger partial charge in [0.25, 0.3) is 5.91 Å². The minimum absolute atomic E-state index is 0.0392. The van der Waals surface area contributed by atoms with Gasteiger partial charge in [-0.25, -0.2) is 0 Å². The molecule has 0 aromatic heterocycles. The van der Waals surface area contributed by atoms with Crippen LogP contribution in [0.15, 0.2) is 46.6 Å². The average Bonchev–Trinajstić information content (AvgIpc) is 2.64. The second-order valence-electron chi connectivity index (χ2n) is 7.09. The van der Waals surface area contributed by atoms with E-state index in [1.807, 2.05) is 0 Å². The molecule has 0 heterocycles. The molecule has 27 heavy (non-hydrogen) atoms. The number of aliphatic hydroxyl groups is 1. The van der Waals surface area contributed by atoms with E-state index < -0.39 is 11.5 Å². The van der Waals surface area contributed by atoms with Gasteiger partial charge in [-0.1, -0.05) is 23.7 Å². The number of hydrogen-bond acceptors (Lipinski definition) is 4. The van der Waals surface area contributed by atoms with Crippen LogP contribution in [0.5, 0.6) is 0 Å². The smallest absolute Gasteiger partial charge is 0.251 e. The summed E-state index contributed by atoms with van der Waals surface area (Å²) >= 11 is 5.83. The number of allylic oxidation sites excluding steroid dienone is 4. The summed E-state index contributed by atoms with van der Waals surface area (Å²) in [5.74, 6) is -0.885. The summed E-state index contributed by atoms with van der Waals surface area (Å²) in [7, 11) is 0. The Morgan fingerprint density at radius 3 is 2.19 bits per heavy atom. The van der Waals surface area contributed by atoms with E-state index in [0.717, 1.165) is 5.56 Å². The van der Waals surface area contributed by atoms with E-state index in [4.69, 9.17) is 11.6 Å².